The third kappa shape index (κ3) is 5.74. The molecule has 0 spiro atoms. The molecule has 0 saturated carbocycles. The summed E-state index contributed by atoms with van der Waals surface area (Å²) in [4.78, 5) is 14.7. The number of rotatable bonds is 9. The van der Waals surface area contributed by atoms with Crippen molar-refractivity contribution < 1.29 is 14.6 Å². The maximum absolute atomic E-state index is 10.8. The van der Waals surface area contributed by atoms with Crippen LogP contribution in [0.1, 0.15) is 47.8 Å². The van der Waals surface area contributed by atoms with Gasteiger partial charge in [-0.3, -0.25) is 0 Å². The second-order valence-corrected chi connectivity index (χ2v) is 5.56. The molecule has 1 aromatic carbocycles. The first-order chi connectivity index (χ1) is 11.2. The van der Waals surface area contributed by atoms with Crippen molar-refractivity contribution in [1.29, 1.82) is 0 Å². The molecule has 1 heterocycles. The maximum atomic E-state index is 10.8. The summed E-state index contributed by atoms with van der Waals surface area (Å²) in [6.45, 7) is 2.95. The Morgan fingerprint density at radius 1 is 1.04 bits per heavy atom. The Morgan fingerprint density at radius 2 is 1.74 bits per heavy atom. The molecule has 1 N–H and O–H groups in total. The van der Waals surface area contributed by atoms with Gasteiger partial charge in [-0.25, -0.2) is 9.78 Å². The Hall–Kier alpha value is -2.36. The van der Waals surface area contributed by atoms with Crippen molar-refractivity contribution in [2.75, 3.05) is 6.61 Å². The third-order valence-corrected chi connectivity index (χ3v) is 3.69. The van der Waals surface area contributed by atoms with Crippen LogP contribution in [0.2, 0.25) is 0 Å². The van der Waals surface area contributed by atoms with Crippen LogP contribution in [0.25, 0.3) is 0 Å². The Morgan fingerprint density at radius 3 is 2.35 bits per heavy atom. The average Bonchev–Trinajstić information content (AvgIpc) is 2.58. The van der Waals surface area contributed by atoms with E-state index in [-0.39, 0.29) is 5.69 Å². The fraction of sp³-hybridized carbons (Fsp3) is 0.368. The zero-order valence-corrected chi connectivity index (χ0v) is 13.5. The summed E-state index contributed by atoms with van der Waals surface area (Å²) in [6.07, 6.45) is 6.86. The van der Waals surface area contributed by atoms with Crippen LogP contribution in [-0.4, -0.2) is 22.7 Å². The van der Waals surface area contributed by atoms with Gasteiger partial charge >= 0.3 is 5.97 Å². The Balaban J connectivity index is 1.80. The minimum absolute atomic E-state index is 0.0818. The number of ether oxygens (including phenoxy) is 1. The second kappa shape index (κ2) is 8.93. The largest absolute Gasteiger partial charge is 0.494 e. The molecule has 0 radical (unpaired) electrons. The molecule has 2 rings (SSSR count). The van der Waals surface area contributed by atoms with Crippen molar-refractivity contribution in [2.45, 2.75) is 39.0 Å². The Labute approximate surface area is 137 Å². The van der Waals surface area contributed by atoms with Gasteiger partial charge in [-0.05, 0) is 48.6 Å². The van der Waals surface area contributed by atoms with E-state index in [1.54, 1.807) is 12.3 Å². The molecule has 1 aromatic heterocycles. The molecule has 4 nitrogen and oxygen atoms in total. The topological polar surface area (TPSA) is 59.4 Å². The number of benzene rings is 1. The number of carboxylic acid groups (broad SMARTS) is 1. The van der Waals surface area contributed by atoms with Crippen molar-refractivity contribution >= 4 is 5.97 Å². The van der Waals surface area contributed by atoms with Gasteiger partial charge in [0.15, 0.2) is 0 Å². The number of aromatic nitrogens is 1. The number of hydrogen-bond donors (Lipinski definition) is 1. The lowest BCUT2D eigenvalue weighted by Crippen LogP contribution is -2.01. The van der Waals surface area contributed by atoms with Crippen LogP contribution in [0.5, 0.6) is 5.75 Å². The molecule has 2 aromatic rings. The van der Waals surface area contributed by atoms with Crippen LogP contribution in [0.4, 0.5) is 0 Å². The highest BCUT2D eigenvalue weighted by molar-refractivity contribution is 5.85. The minimum atomic E-state index is -0.994. The molecular weight excluding hydrogens is 290 g/mol. The van der Waals surface area contributed by atoms with Crippen molar-refractivity contribution in [3.05, 3.63) is 59.4 Å². The van der Waals surface area contributed by atoms with Gasteiger partial charge in [0.2, 0.25) is 0 Å². The smallest absolute Gasteiger partial charge is 0.354 e. The van der Waals surface area contributed by atoms with Crippen LogP contribution in [0.3, 0.4) is 0 Å². The molecule has 0 bridgehead atoms. The van der Waals surface area contributed by atoms with E-state index in [1.165, 1.54) is 18.4 Å². The molecule has 0 aliphatic carbocycles. The predicted octanol–water partition coefficient (Wildman–Crippen LogP) is 4.13. The van der Waals surface area contributed by atoms with Crippen molar-refractivity contribution in [1.82, 2.24) is 4.98 Å². The van der Waals surface area contributed by atoms with E-state index in [1.807, 2.05) is 18.2 Å². The van der Waals surface area contributed by atoms with Gasteiger partial charge in [0.25, 0.3) is 0 Å². The van der Waals surface area contributed by atoms with Crippen LogP contribution in [0.15, 0.2) is 42.6 Å². The quantitative estimate of drug-likeness (QED) is 0.707. The fourth-order valence-corrected chi connectivity index (χ4v) is 2.28. The normalized spacial score (nSPS) is 10.5. The van der Waals surface area contributed by atoms with E-state index >= 15 is 0 Å². The van der Waals surface area contributed by atoms with Gasteiger partial charge in [0.05, 0.1) is 6.61 Å². The Kier molecular flexibility index (Phi) is 6.60. The van der Waals surface area contributed by atoms with E-state index in [0.717, 1.165) is 37.2 Å². The fourth-order valence-electron chi connectivity index (χ4n) is 2.28. The first kappa shape index (κ1) is 17.0. The molecule has 0 unspecified atom stereocenters. The van der Waals surface area contributed by atoms with Gasteiger partial charge in [-0.2, -0.15) is 0 Å². The number of hydrogen-bond acceptors (Lipinski definition) is 3. The molecule has 0 fully saturated rings. The van der Waals surface area contributed by atoms with Gasteiger partial charge < -0.3 is 9.84 Å². The molecule has 122 valence electrons. The summed E-state index contributed by atoms with van der Waals surface area (Å²) in [5, 5.41) is 8.83. The van der Waals surface area contributed by atoms with E-state index < -0.39 is 5.97 Å². The first-order valence-corrected chi connectivity index (χ1v) is 8.09. The molecular formula is C19H23NO3. The first-order valence-electron chi connectivity index (χ1n) is 8.09. The highest BCUT2D eigenvalue weighted by Crippen LogP contribution is 2.15. The number of pyridine rings is 1. The second-order valence-electron chi connectivity index (χ2n) is 5.56. The number of nitrogens with zero attached hydrogens (tertiary/aromatic N) is 1. The zero-order valence-electron chi connectivity index (χ0n) is 13.5. The van der Waals surface area contributed by atoms with Crippen LogP contribution in [-0.2, 0) is 12.8 Å². The van der Waals surface area contributed by atoms with Crippen molar-refractivity contribution in [3.63, 3.8) is 0 Å². The van der Waals surface area contributed by atoms with Crippen molar-refractivity contribution in [3.8, 4) is 5.75 Å². The summed E-state index contributed by atoms with van der Waals surface area (Å²) in [7, 11) is 0. The molecule has 4 heteroatoms. The van der Waals surface area contributed by atoms with Gasteiger partial charge in [-0.15, -0.1) is 0 Å². The van der Waals surface area contributed by atoms with Crippen LogP contribution >= 0.6 is 0 Å². The number of aryl methyl sites for hydroxylation is 2. The highest BCUT2D eigenvalue weighted by Gasteiger charge is 2.04. The van der Waals surface area contributed by atoms with E-state index in [9.17, 15) is 4.79 Å². The highest BCUT2D eigenvalue weighted by atomic mass is 16.5. The molecule has 0 aliphatic heterocycles. The molecule has 0 aliphatic rings. The number of carboxylic acids is 1. The van der Waals surface area contributed by atoms with Crippen LogP contribution in [0, 0.1) is 0 Å². The minimum Gasteiger partial charge on any atom is -0.494 e. The number of unbranched alkanes of at least 4 members (excludes halogenated alkanes) is 2. The molecule has 0 saturated heterocycles. The summed E-state index contributed by atoms with van der Waals surface area (Å²) in [6, 6.07) is 11.5. The zero-order chi connectivity index (χ0) is 16.5. The average molecular weight is 313 g/mol. The summed E-state index contributed by atoms with van der Waals surface area (Å²) in [5.74, 6) is -0.0802. The lowest BCUT2D eigenvalue weighted by molar-refractivity contribution is 0.0690. The molecule has 0 atom stereocenters. The predicted molar refractivity (Wildman–Crippen MR) is 90.1 cm³/mol. The molecule has 23 heavy (non-hydrogen) atoms. The number of carbonyl (C=O) groups is 1. The summed E-state index contributed by atoms with van der Waals surface area (Å²) in [5.41, 5.74) is 2.35. The van der Waals surface area contributed by atoms with Gasteiger partial charge in [-0.1, -0.05) is 38.0 Å². The van der Waals surface area contributed by atoms with Crippen molar-refractivity contribution in [2.24, 2.45) is 0 Å². The standard InChI is InChI=1S/C19H23NO3/c1-2-3-4-13-23-17-10-7-15(8-11-17)5-6-16-9-12-18(19(21)22)20-14-16/h7-12,14H,2-6,13H2,1H3,(H,21,22). The van der Waals surface area contributed by atoms with Gasteiger partial charge in [0.1, 0.15) is 11.4 Å². The summed E-state index contributed by atoms with van der Waals surface area (Å²) < 4.78 is 5.70. The third-order valence-electron chi connectivity index (χ3n) is 3.69. The monoisotopic (exact) mass is 313 g/mol. The maximum Gasteiger partial charge on any atom is 0.354 e. The SMILES string of the molecule is CCCCCOc1ccc(CCc2ccc(C(=O)O)nc2)cc1. The Bertz CT molecular complexity index is 606. The van der Waals surface area contributed by atoms with Gasteiger partial charge in [0, 0.05) is 6.20 Å². The van der Waals surface area contributed by atoms with E-state index in [0.29, 0.717) is 0 Å². The van der Waals surface area contributed by atoms with E-state index in [2.05, 4.69) is 24.0 Å². The van der Waals surface area contributed by atoms with Crippen LogP contribution < -0.4 is 4.74 Å². The lowest BCUT2D eigenvalue weighted by atomic mass is 10.1. The van der Waals surface area contributed by atoms with E-state index in [4.69, 9.17) is 9.84 Å². The molecule has 0 amide bonds. The number of aromatic carboxylic acids is 1. The summed E-state index contributed by atoms with van der Waals surface area (Å²) >= 11 is 0. The lowest BCUT2D eigenvalue weighted by Gasteiger charge is -2.07.